The molecule has 1 nitrogen and oxygen atoms in total. The minimum Gasteiger partial charge on any atom is -0.309 e. The molecule has 0 saturated carbocycles. The summed E-state index contributed by atoms with van der Waals surface area (Å²) in [5.74, 6) is 0. The summed E-state index contributed by atoms with van der Waals surface area (Å²) >= 11 is 2.00. The van der Waals surface area contributed by atoms with Gasteiger partial charge in [0.25, 0.3) is 0 Å². The zero-order chi connectivity index (χ0) is 31.3. The quantitative estimate of drug-likeness (QED) is 0.185. The summed E-state index contributed by atoms with van der Waals surface area (Å²) in [6.45, 7) is 4.88. The molecule has 0 saturated heterocycles. The summed E-state index contributed by atoms with van der Waals surface area (Å²) in [4.78, 5) is 1.54. The largest absolute Gasteiger partial charge is 0.309 e. The molecule has 2 heteroatoms. The van der Waals surface area contributed by atoms with Gasteiger partial charge in [0.15, 0.2) is 0 Å². The van der Waals surface area contributed by atoms with Crippen molar-refractivity contribution in [2.45, 2.75) is 44.9 Å². The van der Waals surface area contributed by atoms with E-state index in [1.807, 2.05) is 11.3 Å². The Labute approximate surface area is 279 Å². The van der Waals surface area contributed by atoms with Crippen LogP contribution in [-0.4, -0.2) is 4.57 Å². The van der Waals surface area contributed by atoms with Crippen molar-refractivity contribution in [3.05, 3.63) is 148 Å². The van der Waals surface area contributed by atoms with Crippen molar-refractivity contribution in [3.63, 3.8) is 0 Å². The Bertz CT molecular complexity index is 2530. The molecule has 5 aromatic carbocycles. The predicted octanol–water partition coefficient (Wildman–Crippen LogP) is 12.7. The number of nitrogens with zero attached hydrogens (tertiary/aromatic N) is 1. The van der Waals surface area contributed by atoms with E-state index in [4.69, 9.17) is 0 Å². The number of thiophene rings is 1. The van der Waals surface area contributed by atoms with Crippen LogP contribution in [0.15, 0.2) is 121 Å². The van der Waals surface area contributed by atoms with Crippen LogP contribution >= 0.6 is 11.3 Å². The molecule has 0 amide bonds. The van der Waals surface area contributed by atoms with E-state index in [9.17, 15) is 0 Å². The number of benzene rings is 5. The lowest BCUT2D eigenvalue weighted by Gasteiger charge is -2.24. The van der Waals surface area contributed by atoms with Gasteiger partial charge in [0, 0.05) is 36.8 Å². The molecule has 3 aliphatic rings. The number of aryl methyl sites for hydroxylation is 1. The van der Waals surface area contributed by atoms with Crippen molar-refractivity contribution in [3.8, 4) is 27.9 Å². The second-order valence-electron chi connectivity index (χ2n) is 13.9. The Morgan fingerprint density at radius 1 is 0.681 bits per heavy atom. The average Bonchev–Trinajstić information content (AvgIpc) is 3.73. The van der Waals surface area contributed by atoms with Gasteiger partial charge in [-0.15, -0.1) is 11.3 Å². The summed E-state index contributed by atoms with van der Waals surface area (Å²) in [5, 5.41) is 4.09. The molecule has 10 rings (SSSR count). The van der Waals surface area contributed by atoms with Gasteiger partial charge in [0.1, 0.15) is 0 Å². The maximum absolute atomic E-state index is 2.50. The fourth-order valence-corrected chi connectivity index (χ4v) is 9.84. The average molecular weight is 622 g/mol. The molecule has 0 bridgehead atoms. The van der Waals surface area contributed by atoms with Crippen molar-refractivity contribution < 1.29 is 0 Å². The summed E-state index contributed by atoms with van der Waals surface area (Å²) in [5.41, 5.74) is 16.0. The van der Waals surface area contributed by atoms with Gasteiger partial charge in [-0.25, -0.2) is 0 Å². The highest BCUT2D eigenvalue weighted by atomic mass is 32.1. The van der Waals surface area contributed by atoms with E-state index in [0.717, 1.165) is 25.7 Å². The van der Waals surface area contributed by atoms with Crippen molar-refractivity contribution in [1.29, 1.82) is 0 Å². The monoisotopic (exact) mass is 621 g/mol. The molecule has 47 heavy (non-hydrogen) atoms. The number of allylic oxidation sites excluding steroid dienone is 5. The van der Waals surface area contributed by atoms with Crippen LogP contribution in [0.25, 0.3) is 71.5 Å². The fourth-order valence-electron chi connectivity index (χ4n) is 8.63. The van der Waals surface area contributed by atoms with Gasteiger partial charge in [-0.05, 0) is 118 Å². The molecule has 3 aliphatic carbocycles. The third-order valence-corrected chi connectivity index (χ3v) is 12.1. The summed E-state index contributed by atoms with van der Waals surface area (Å²) < 4.78 is 3.93. The minimum atomic E-state index is -0.103. The first kappa shape index (κ1) is 27.2. The van der Waals surface area contributed by atoms with Gasteiger partial charge in [0.05, 0.1) is 11.0 Å². The van der Waals surface area contributed by atoms with Crippen LogP contribution in [0.1, 0.15) is 60.2 Å². The van der Waals surface area contributed by atoms with E-state index < -0.39 is 0 Å². The Kier molecular flexibility index (Phi) is 5.81. The SMILES string of the molecule is CC1(C)c2cc(-n3c4ccc(C5=CC=CCC5)cc4c4cc(-c5ccccc5)ccc43)ccc2-c2ccc3sc4c(c3c21)C=CCC4. The van der Waals surface area contributed by atoms with Crippen molar-refractivity contribution in [2.75, 3.05) is 0 Å². The van der Waals surface area contributed by atoms with Gasteiger partial charge in [-0.2, -0.15) is 0 Å². The van der Waals surface area contributed by atoms with E-state index in [1.165, 1.54) is 87.7 Å². The first-order valence-electron chi connectivity index (χ1n) is 17.0. The van der Waals surface area contributed by atoms with Gasteiger partial charge in [0.2, 0.25) is 0 Å². The van der Waals surface area contributed by atoms with Crippen molar-refractivity contribution in [1.82, 2.24) is 4.57 Å². The normalized spacial score (nSPS) is 16.1. The predicted molar refractivity (Wildman–Crippen MR) is 203 cm³/mol. The molecule has 0 N–H and O–H groups in total. The second-order valence-corrected chi connectivity index (χ2v) is 15.1. The van der Waals surface area contributed by atoms with Gasteiger partial charge in [-0.3, -0.25) is 0 Å². The third kappa shape index (κ3) is 3.95. The molecular weight excluding hydrogens is 587 g/mol. The molecule has 2 heterocycles. The molecule has 0 fully saturated rings. The second kappa shape index (κ2) is 10.0. The lowest BCUT2D eigenvalue weighted by Crippen LogP contribution is -2.16. The molecule has 0 radical (unpaired) electrons. The molecular formula is C45H35NS. The fraction of sp³-hybridized carbons (Fsp3) is 0.156. The van der Waals surface area contributed by atoms with Crippen LogP contribution in [0.5, 0.6) is 0 Å². The zero-order valence-electron chi connectivity index (χ0n) is 26.8. The van der Waals surface area contributed by atoms with E-state index in [0.29, 0.717) is 0 Å². The van der Waals surface area contributed by atoms with E-state index >= 15 is 0 Å². The lowest BCUT2D eigenvalue weighted by molar-refractivity contribution is 0.665. The van der Waals surface area contributed by atoms with Crippen LogP contribution in [0.2, 0.25) is 0 Å². The smallest absolute Gasteiger partial charge is 0.0541 e. The number of rotatable bonds is 3. The van der Waals surface area contributed by atoms with Crippen LogP contribution in [0.4, 0.5) is 0 Å². The highest BCUT2D eigenvalue weighted by molar-refractivity contribution is 7.19. The molecule has 0 unspecified atom stereocenters. The van der Waals surface area contributed by atoms with E-state index in [-0.39, 0.29) is 5.41 Å². The standard InChI is InChI=1S/C45H35NS/c1-45(2)38-27-32(19-20-33(38)34-21-24-42-43(44(34)45)35-15-9-10-16-41(35)47-42)46-39-22-17-30(28-11-5-3-6-12-28)25-36(39)37-26-31(18-23-40(37)46)29-13-7-4-8-14-29/h3-7,9,11-13,15,17-27H,8,10,14,16H2,1-2H3. The molecule has 7 aromatic rings. The highest BCUT2D eigenvalue weighted by Crippen LogP contribution is 2.54. The first-order valence-corrected chi connectivity index (χ1v) is 17.8. The van der Waals surface area contributed by atoms with Crippen LogP contribution < -0.4 is 0 Å². The lowest BCUT2D eigenvalue weighted by atomic mass is 9.80. The Balaban J connectivity index is 1.19. The summed E-state index contributed by atoms with van der Waals surface area (Å²) in [6, 6.07) is 36.9. The van der Waals surface area contributed by atoms with Crippen molar-refractivity contribution >= 4 is 54.9 Å². The van der Waals surface area contributed by atoms with Gasteiger partial charge < -0.3 is 4.57 Å². The summed E-state index contributed by atoms with van der Waals surface area (Å²) in [7, 11) is 0. The van der Waals surface area contributed by atoms with Gasteiger partial charge in [-0.1, -0.05) is 98.8 Å². The number of hydrogen-bond acceptors (Lipinski definition) is 1. The minimum absolute atomic E-state index is 0.103. The number of hydrogen-bond donors (Lipinski definition) is 0. The maximum Gasteiger partial charge on any atom is 0.0541 e. The Morgan fingerprint density at radius 3 is 2.26 bits per heavy atom. The van der Waals surface area contributed by atoms with Crippen LogP contribution in [0.3, 0.4) is 0 Å². The highest BCUT2D eigenvalue weighted by Gasteiger charge is 2.38. The first-order chi connectivity index (χ1) is 23.1. The third-order valence-electron chi connectivity index (χ3n) is 10.9. The van der Waals surface area contributed by atoms with E-state index in [2.05, 4.69) is 146 Å². The molecule has 226 valence electrons. The van der Waals surface area contributed by atoms with Crippen molar-refractivity contribution in [2.24, 2.45) is 0 Å². The topological polar surface area (TPSA) is 4.93 Å². The number of fused-ring (bicyclic) bond motifs is 10. The maximum atomic E-state index is 2.50. The molecule has 2 aromatic heterocycles. The molecule has 0 atom stereocenters. The van der Waals surface area contributed by atoms with Crippen LogP contribution in [-0.2, 0) is 11.8 Å². The zero-order valence-corrected chi connectivity index (χ0v) is 27.6. The molecule has 0 spiro atoms. The van der Waals surface area contributed by atoms with Gasteiger partial charge >= 0.3 is 0 Å². The Morgan fingerprint density at radius 2 is 1.45 bits per heavy atom. The molecule has 0 aliphatic heterocycles. The Hall–Kier alpha value is -4.92. The number of aromatic nitrogens is 1. The summed E-state index contributed by atoms with van der Waals surface area (Å²) in [6.07, 6.45) is 16.0. The van der Waals surface area contributed by atoms with E-state index in [1.54, 1.807) is 4.88 Å². The van der Waals surface area contributed by atoms with Crippen LogP contribution in [0, 0.1) is 0 Å².